The Labute approximate surface area is 199 Å². The quantitative estimate of drug-likeness (QED) is 0.282. The van der Waals surface area contributed by atoms with Gasteiger partial charge in [-0.05, 0) is 45.0 Å². The molecule has 0 bridgehead atoms. The van der Waals surface area contributed by atoms with Crippen molar-refractivity contribution in [3.8, 4) is 0 Å². The van der Waals surface area contributed by atoms with Gasteiger partial charge in [-0.15, -0.1) is 24.0 Å². The van der Waals surface area contributed by atoms with E-state index in [4.69, 9.17) is 4.99 Å². The fraction of sp³-hybridized carbons (Fsp3) is 0.478. The van der Waals surface area contributed by atoms with Crippen LogP contribution in [0.3, 0.4) is 0 Å². The van der Waals surface area contributed by atoms with E-state index in [1.165, 1.54) is 5.56 Å². The SMILES string of the molecule is CCNC(=NCc1cccc(N(C)C)n1)NCCC(C)N(C)Cc1ccccc1.I. The molecule has 0 fully saturated rings. The molecule has 1 unspecified atom stereocenters. The summed E-state index contributed by atoms with van der Waals surface area (Å²) in [6.07, 6.45) is 1.04. The third-order valence-electron chi connectivity index (χ3n) is 4.88. The Bertz CT molecular complexity index is 750. The van der Waals surface area contributed by atoms with Crippen molar-refractivity contribution in [3.63, 3.8) is 0 Å². The van der Waals surface area contributed by atoms with Crippen molar-refractivity contribution in [1.82, 2.24) is 20.5 Å². The zero-order valence-corrected chi connectivity index (χ0v) is 21.3. The van der Waals surface area contributed by atoms with Gasteiger partial charge < -0.3 is 15.5 Å². The molecule has 166 valence electrons. The van der Waals surface area contributed by atoms with E-state index in [2.05, 4.69) is 71.7 Å². The smallest absolute Gasteiger partial charge is 0.191 e. The molecule has 0 aliphatic carbocycles. The van der Waals surface area contributed by atoms with Gasteiger partial charge in [-0.25, -0.2) is 9.98 Å². The summed E-state index contributed by atoms with van der Waals surface area (Å²) in [6.45, 7) is 7.58. The van der Waals surface area contributed by atoms with Crippen LogP contribution in [0.15, 0.2) is 53.5 Å². The van der Waals surface area contributed by atoms with Crippen molar-refractivity contribution in [2.45, 2.75) is 39.4 Å². The van der Waals surface area contributed by atoms with Gasteiger partial charge in [0.25, 0.3) is 0 Å². The highest BCUT2D eigenvalue weighted by Crippen LogP contribution is 2.09. The van der Waals surface area contributed by atoms with Crippen molar-refractivity contribution in [2.75, 3.05) is 39.1 Å². The van der Waals surface area contributed by atoms with Gasteiger partial charge in [-0.2, -0.15) is 0 Å². The number of pyridine rings is 1. The first kappa shape index (κ1) is 26.2. The first-order valence-electron chi connectivity index (χ1n) is 10.4. The number of hydrogen-bond acceptors (Lipinski definition) is 4. The number of aliphatic imine (C=N–C) groups is 1. The topological polar surface area (TPSA) is 55.8 Å². The van der Waals surface area contributed by atoms with E-state index in [9.17, 15) is 0 Å². The first-order chi connectivity index (χ1) is 14.0. The van der Waals surface area contributed by atoms with E-state index in [-0.39, 0.29) is 24.0 Å². The minimum Gasteiger partial charge on any atom is -0.363 e. The van der Waals surface area contributed by atoms with Crippen LogP contribution >= 0.6 is 24.0 Å². The van der Waals surface area contributed by atoms with Crippen LogP contribution in [0.25, 0.3) is 0 Å². The molecule has 2 N–H and O–H groups in total. The third kappa shape index (κ3) is 9.30. The summed E-state index contributed by atoms with van der Waals surface area (Å²) in [5, 5.41) is 6.77. The van der Waals surface area contributed by atoms with E-state index in [1.807, 2.05) is 37.2 Å². The highest BCUT2D eigenvalue weighted by molar-refractivity contribution is 14.0. The van der Waals surface area contributed by atoms with Crippen LogP contribution < -0.4 is 15.5 Å². The molecule has 30 heavy (non-hydrogen) atoms. The molecule has 0 radical (unpaired) electrons. The number of aromatic nitrogens is 1. The second kappa shape index (κ2) is 14.2. The van der Waals surface area contributed by atoms with Crippen LogP contribution in [-0.4, -0.2) is 56.1 Å². The number of benzene rings is 1. The zero-order chi connectivity index (χ0) is 21.1. The molecule has 0 aliphatic heterocycles. The minimum absolute atomic E-state index is 0. The minimum atomic E-state index is 0. The molecule has 1 heterocycles. The predicted molar refractivity (Wildman–Crippen MR) is 139 cm³/mol. The standard InChI is InChI=1S/C23H36N6.HI/c1-6-24-23(26-17-21-13-10-14-22(27-21)28(3)4)25-16-15-19(2)29(5)18-20-11-8-7-9-12-20;/h7-14,19H,6,15-18H2,1-5H3,(H2,24,25,26);1H. The monoisotopic (exact) mass is 524 g/mol. The van der Waals surface area contributed by atoms with Crippen LogP contribution in [0.1, 0.15) is 31.5 Å². The summed E-state index contributed by atoms with van der Waals surface area (Å²) in [5.74, 6) is 1.79. The average Bonchev–Trinajstić information content (AvgIpc) is 2.72. The van der Waals surface area contributed by atoms with Crippen molar-refractivity contribution in [3.05, 3.63) is 59.8 Å². The molecule has 1 atom stereocenters. The maximum Gasteiger partial charge on any atom is 0.191 e. The Morgan fingerprint density at radius 1 is 1.03 bits per heavy atom. The van der Waals surface area contributed by atoms with E-state index < -0.39 is 0 Å². The average molecular weight is 524 g/mol. The lowest BCUT2D eigenvalue weighted by atomic mass is 10.1. The van der Waals surface area contributed by atoms with Crippen LogP contribution in [0.5, 0.6) is 0 Å². The lowest BCUT2D eigenvalue weighted by Gasteiger charge is -2.25. The third-order valence-corrected chi connectivity index (χ3v) is 4.88. The number of hydrogen-bond donors (Lipinski definition) is 2. The van der Waals surface area contributed by atoms with Crippen LogP contribution in [-0.2, 0) is 13.1 Å². The molecule has 0 saturated heterocycles. The Balaban J connectivity index is 0.00000450. The molecule has 2 rings (SSSR count). The Kier molecular flexibility index (Phi) is 12.4. The lowest BCUT2D eigenvalue weighted by Crippen LogP contribution is -2.40. The van der Waals surface area contributed by atoms with Crippen LogP contribution in [0.2, 0.25) is 0 Å². The predicted octanol–water partition coefficient (Wildman–Crippen LogP) is 3.73. The Hall–Kier alpha value is -1.87. The number of guanidine groups is 1. The van der Waals surface area contributed by atoms with Gasteiger partial charge in [0.15, 0.2) is 5.96 Å². The summed E-state index contributed by atoms with van der Waals surface area (Å²) in [4.78, 5) is 13.7. The fourth-order valence-corrected chi connectivity index (χ4v) is 2.95. The van der Waals surface area contributed by atoms with Gasteiger partial charge in [0.05, 0.1) is 12.2 Å². The van der Waals surface area contributed by atoms with Gasteiger partial charge in [-0.3, -0.25) is 4.90 Å². The highest BCUT2D eigenvalue weighted by Gasteiger charge is 2.10. The lowest BCUT2D eigenvalue weighted by molar-refractivity contribution is 0.238. The summed E-state index contributed by atoms with van der Waals surface area (Å²) in [7, 11) is 6.17. The number of anilines is 1. The highest BCUT2D eigenvalue weighted by atomic mass is 127. The molecule has 0 saturated carbocycles. The van der Waals surface area contributed by atoms with Gasteiger partial charge in [0.2, 0.25) is 0 Å². The van der Waals surface area contributed by atoms with Crippen molar-refractivity contribution < 1.29 is 0 Å². The van der Waals surface area contributed by atoms with Crippen molar-refractivity contribution in [2.24, 2.45) is 4.99 Å². The summed E-state index contributed by atoms with van der Waals surface area (Å²) in [5.41, 5.74) is 2.31. The molecular weight excluding hydrogens is 487 g/mol. The molecule has 0 aliphatic rings. The van der Waals surface area contributed by atoms with E-state index in [0.717, 1.165) is 43.5 Å². The number of rotatable bonds is 10. The van der Waals surface area contributed by atoms with Crippen LogP contribution in [0, 0.1) is 0 Å². The summed E-state index contributed by atoms with van der Waals surface area (Å²) < 4.78 is 0. The van der Waals surface area contributed by atoms with Gasteiger partial charge >= 0.3 is 0 Å². The Morgan fingerprint density at radius 3 is 2.43 bits per heavy atom. The van der Waals surface area contributed by atoms with Gasteiger partial charge in [-0.1, -0.05) is 36.4 Å². The van der Waals surface area contributed by atoms with Gasteiger partial charge in [0.1, 0.15) is 5.82 Å². The molecule has 1 aromatic carbocycles. The molecule has 7 heteroatoms. The molecule has 0 amide bonds. The second-order valence-corrected chi connectivity index (χ2v) is 7.54. The Morgan fingerprint density at radius 2 is 1.77 bits per heavy atom. The van der Waals surface area contributed by atoms with Crippen molar-refractivity contribution >= 4 is 35.8 Å². The van der Waals surface area contributed by atoms with Crippen LogP contribution in [0.4, 0.5) is 5.82 Å². The molecule has 6 nitrogen and oxygen atoms in total. The van der Waals surface area contributed by atoms with E-state index in [1.54, 1.807) is 0 Å². The maximum atomic E-state index is 4.69. The first-order valence-corrected chi connectivity index (χ1v) is 10.4. The van der Waals surface area contributed by atoms with E-state index >= 15 is 0 Å². The zero-order valence-electron chi connectivity index (χ0n) is 18.9. The maximum absolute atomic E-state index is 4.69. The van der Waals surface area contributed by atoms with Crippen molar-refractivity contribution in [1.29, 1.82) is 0 Å². The summed E-state index contributed by atoms with van der Waals surface area (Å²) >= 11 is 0. The summed E-state index contributed by atoms with van der Waals surface area (Å²) in [6, 6.07) is 17.1. The molecule has 2 aromatic rings. The van der Waals surface area contributed by atoms with Gasteiger partial charge in [0, 0.05) is 39.8 Å². The number of nitrogens with one attached hydrogen (secondary N) is 2. The molecule has 0 spiro atoms. The molecule has 1 aromatic heterocycles. The van der Waals surface area contributed by atoms with E-state index in [0.29, 0.717) is 12.6 Å². The number of halogens is 1. The second-order valence-electron chi connectivity index (χ2n) is 7.54. The fourth-order valence-electron chi connectivity index (χ4n) is 2.95. The normalized spacial score (nSPS) is 12.3. The molecular formula is C23H37IN6. The largest absolute Gasteiger partial charge is 0.363 e. The number of nitrogens with zero attached hydrogens (tertiary/aromatic N) is 4.